The van der Waals surface area contributed by atoms with Crippen molar-refractivity contribution in [2.75, 3.05) is 18.4 Å². The number of aromatic amines is 1. The number of likely N-dealkylation sites (tertiary alicyclic amines) is 1. The van der Waals surface area contributed by atoms with Crippen molar-refractivity contribution >= 4 is 17.6 Å². The maximum atomic E-state index is 12.3. The minimum absolute atomic E-state index is 0.0127. The van der Waals surface area contributed by atoms with Crippen molar-refractivity contribution in [2.24, 2.45) is 11.8 Å². The molecule has 0 unspecified atom stereocenters. The van der Waals surface area contributed by atoms with Crippen molar-refractivity contribution in [3.63, 3.8) is 0 Å². The third kappa shape index (κ3) is 3.09. The van der Waals surface area contributed by atoms with Gasteiger partial charge in [-0.25, -0.2) is 0 Å². The lowest BCUT2D eigenvalue weighted by Crippen LogP contribution is -2.42. The molecular weight excluding hydrogens is 268 g/mol. The molecule has 2 amide bonds. The zero-order chi connectivity index (χ0) is 14.8. The van der Waals surface area contributed by atoms with Crippen LogP contribution >= 0.6 is 0 Å². The van der Waals surface area contributed by atoms with Gasteiger partial charge in [0.1, 0.15) is 5.82 Å². The number of rotatable bonds is 4. The predicted molar refractivity (Wildman–Crippen MR) is 78.6 cm³/mol. The van der Waals surface area contributed by atoms with Crippen LogP contribution in [0.3, 0.4) is 0 Å². The first-order valence-electron chi connectivity index (χ1n) is 7.81. The molecule has 0 atom stereocenters. The summed E-state index contributed by atoms with van der Waals surface area (Å²) in [7, 11) is 0. The predicted octanol–water partition coefficient (Wildman–Crippen LogP) is 1.56. The van der Waals surface area contributed by atoms with Crippen molar-refractivity contribution in [3.8, 4) is 0 Å². The van der Waals surface area contributed by atoms with E-state index in [0.717, 1.165) is 37.7 Å². The molecular formula is C15H22N4O2. The topological polar surface area (TPSA) is 78.1 Å². The highest BCUT2D eigenvalue weighted by Gasteiger charge is 2.36. The fraction of sp³-hybridized carbons (Fsp3) is 0.667. The Labute approximate surface area is 124 Å². The number of H-pyrrole nitrogens is 1. The molecule has 2 heterocycles. The average molecular weight is 290 g/mol. The summed E-state index contributed by atoms with van der Waals surface area (Å²) >= 11 is 0. The molecule has 2 N–H and O–H groups in total. The molecule has 0 bridgehead atoms. The zero-order valence-electron chi connectivity index (χ0n) is 12.4. The summed E-state index contributed by atoms with van der Waals surface area (Å²) in [5.41, 5.74) is 1.02. The van der Waals surface area contributed by atoms with Crippen molar-refractivity contribution in [2.45, 2.75) is 39.0 Å². The normalized spacial score (nSPS) is 19.6. The van der Waals surface area contributed by atoms with Gasteiger partial charge in [-0.05, 0) is 32.1 Å². The number of hydrogen-bond acceptors (Lipinski definition) is 3. The first-order valence-corrected chi connectivity index (χ1v) is 7.81. The largest absolute Gasteiger partial charge is 0.342 e. The summed E-state index contributed by atoms with van der Waals surface area (Å²) in [4.78, 5) is 26.2. The Morgan fingerprint density at radius 2 is 2.00 bits per heavy atom. The van der Waals surface area contributed by atoms with E-state index in [-0.39, 0.29) is 23.7 Å². The molecule has 21 heavy (non-hydrogen) atoms. The minimum Gasteiger partial charge on any atom is -0.342 e. The first-order chi connectivity index (χ1) is 10.2. The molecule has 0 aromatic carbocycles. The summed E-state index contributed by atoms with van der Waals surface area (Å²) < 4.78 is 0. The Morgan fingerprint density at radius 3 is 2.62 bits per heavy atom. The van der Waals surface area contributed by atoms with Crippen LogP contribution in [0.1, 0.15) is 38.2 Å². The maximum absolute atomic E-state index is 12.3. The summed E-state index contributed by atoms with van der Waals surface area (Å²) in [5, 5.41) is 9.72. The summed E-state index contributed by atoms with van der Waals surface area (Å²) in [6, 6.07) is 0. The molecule has 0 radical (unpaired) electrons. The average Bonchev–Trinajstić information content (AvgIpc) is 3.27. The van der Waals surface area contributed by atoms with Gasteiger partial charge in [-0.1, -0.05) is 6.92 Å². The van der Waals surface area contributed by atoms with Gasteiger partial charge in [0.25, 0.3) is 0 Å². The molecule has 1 saturated carbocycles. The lowest BCUT2D eigenvalue weighted by atomic mass is 9.95. The second kappa shape index (κ2) is 5.87. The highest BCUT2D eigenvalue weighted by Crippen LogP contribution is 2.32. The van der Waals surface area contributed by atoms with E-state index in [4.69, 9.17) is 0 Å². The van der Waals surface area contributed by atoms with E-state index in [1.165, 1.54) is 0 Å². The number of nitrogens with zero attached hydrogens (tertiary/aromatic N) is 2. The van der Waals surface area contributed by atoms with Crippen molar-refractivity contribution in [3.05, 3.63) is 11.8 Å². The number of piperidine rings is 1. The van der Waals surface area contributed by atoms with Gasteiger partial charge in [-0.2, -0.15) is 5.10 Å². The maximum Gasteiger partial charge on any atom is 0.228 e. The Bertz CT molecular complexity index is 528. The van der Waals surface area contributed by atoms with Crippen LogP contribution < -0.4 is 5.32 Å². The Kier molecular flexibility index (Phi) is 3.94. The van der Waals surface area contributed by atoms with Crippen molar-refractivity contribution < 1.29 is 9.59 Å². The van der Waals surface area contributed by atoms with Crippen LogP contribution in [-0.2, 0) is 16.0 Å². The fourth-order valence-electron chi connectivity index (χ4n) is 2.86. The molecule has 1 aromatic rings. The van der Waals surface area contributed by atoms with Crippen LogP contribution in [-0.4, -0.2) is 40.0 Å². The highest BCUT2D eigenvalue weighted by molar-refractivity contribution is 5.92. The van der Waals surface area contributed by atoms with Crippen LogP contribution in [0, 0.1) is 11.8 Å². The van der Waals surface area contributed by atoms with Crippen molar-refractivity contribution in [1.82, 2.24) is 15.1 Å². The van der Waals surface area contributed by atoms with E-state index in [1.54, 1.807) is 6.20 Å². The third-order valence-corrected chi connectivity index (χ3v) is 4.45. The molecule has 114 valence electrons. The van der Waals surface area contributed by atoms with Crippen LogP contribution in [0.25, 0.3) is 0 Å². The minimum atomic E-state index is -0.0127. The molecule has 1 aliphatic carbocycles. The molecule has 2 aliphatic rings. The van der Waals surface area contributed by atoms with E-state index in [2.05, 4.69) is 15.5 Å². The second-order valence-electron chi connectivity index (χ2n) is 5.99. The first kappa shape index (κ1) is 14.1. The molecule has 1 aliphatic heterocycles. The number of anilines is 1. The lowest BCUT2D eigenvalue weighted by Gasteiger charge is -2.31. The number of carbonyl (C=O) groups is 2. The van der Waals surface area contributed by atoms with Crippen LogP contribution in [0.4, 0.5) is 5.82 Å². The molecule has 3 rings (SSSR count). The number of nitrogens with one attached hydrogen (secondary N) is 2. The lowest BCUT2D eigenvalue weighted by molar-refractivity contribution is -0.135. The summed E-state index contributed by atoms with van der Waals surface area (Å²) in [6.45, 7) is 3.44. The van der Waals surface area contributed by atoms with Gasteiger partial charge >= 0.3 is 0 Å². The van der Waals surface area contributed by atoms with Crippen LogP contribution in [0.15, 0.2) is 6.20 Å². The number of aromatic nitrogens is 2. The monoisotopic (exact) mass is 290 g/mol. The molecule has 6 nitrogen and oxygen atoms in total. The molecule has 6 heteroatoms. The Balaban J connectivity index is 1.51. The van der Waals surface area contributed by atoms with Crippen LogP contribution in [0.2, 0.25) is 0 Å². The quantitative estimate of drug-likeness (QED) is 0.883. The Morgan fingerprint density at radius 1 is 1.29 bits per heavy atom. The van der Waals surface area contributed by atoms with E-state index in [1.807, 2.05) is 11.8 Å². The van der Waals surface area contributed by atoms with Gasteiger partial charge in [0.2, 0.25) is 11.8 Å². The Hall–Kier alpha value is -1.85. The fourth-order valence-corrected chi connectivity index (χ4v) is 2.86. The number of amides is 2. The number of hydrogen-bond donors (Lipinski definition) is 2. The van der Waals surface area contributed by atoms with E-state index < -0.39 is 0 Å². The van der Waals surface area contributed by atoms with Gasteiger partial charge in [-0.3, -0.25) is 14.7 Å². The van der Waals surface area contributed by atoms with Gasteiger partial charge in [0, 0.05) is 30.5 Å². The molecule has 1 aromatic heterocycles. The van der Waals surface area contributed by atoms with E-state index in [0.29, 0.717) is 18.9 Å². The standard InChI is InChI=1S/C15H22N4O2/c1-2-10-9-16-18-13(10)17-14(20)11-5-7-19(8-6-11)15(21)12-3-4-12/h9,11-12H,2-8H2,1H3,(H2,16,17,18,20). The highest BCUT2D eigenvalue weighted by atomic mass is 16.2. The molecule has 1 saturated heterocycles. The summed E-state index contributed by atoms with van der Waals surface area (Å²) in [5.74, 6) is 1.29. The van der Waals surface area contributed by atoms with Crippen LogP contribution in [0.5, 0.6) is 0 Å². The third-order valence-electron chi connectivity index (χ3n) is 4.45. The van der Waals surface area contributed by atoms with Crippen molar-refractivity contribution in [1.29, 1.82) is 0 Å². The van der Waals surface area contributed by atoms with Gasteiger partial charge < -0.3 is 10.2 Å². The van der Waals surface area contributed by atoms with E-state index >= 15 is 0 Å². The molecule has 2 fully saturated rings. The number of carbonyl (C=O) groups excluding carboxylic acids is 2. The smallest absolute Gasteiger partial charge is 0.228 e. The van der Waals surface area contributed by atoms with Gasteiger partial charge in [0.05, 0.1) is 6.20 Å². The van der Waals surface area contributed by atoms with Gasteiger partial charge in [-0.15, -0.1) is 0 Å². The SMILES string of the molecule is CCc1cn[nH]c1NC(=O)C1CCN(C(=O)C2CC2)CC1. The van der Waals surface area contributed by atoms with E-state index in [9.17, 15) is 9.59 Å². The van der Waals surface area contributed by atoms with Gasteiger partial charge in [0.15, 0.2) is 0 Å². The zero-order valence-corrected chi connectivity index (χ0v) is 12.4. The summed E-state index contributed by atoms with van der Waals surface area (Å²) in [6.07, 6.45) is 6.16. The number of aryl methyl sites for hydroxylation is 1. The molecule has 0 spiro atoms. The second-order valence-corrected chi connectivity index (χ2v) is 5.99.